The third-order valence-corrected chi connectivity index (χ3v) is 1.43. The molecule has 0 unspecified atom stereocenters. The number of halogens is 2. The zero-order chi connectivity index (χ0) is 10.0. The van der Waals surface area contributed by atoms with Crippen molar-refractivity contribution >= 4 is 5.82 Å². The van der Waals surface area contributed by atoms with Crippen LogP contribution in [0.1, 0.15) is 17.6 Å². The summed E-state index contributed by atoms with van der Waals surface area (Å²) >= 11 is 0. The third-order valence-electron chi connectivity index (χ3n) is 1.43. The minimum absolute atomic E-state index is 0.106. The highest BCUT2D eigenvalue weighted by atomic mass is 19.3. The Bertz CT molecular complexity index is 419. The molecule has 0 aromatic carbocycles. The fourth-order valence-corrected chi connectivity index (χ4v) is 0.899. The van der Waals surface area contributed by atoms with E-state index in [1.54, 1.807) is 0 Å². The molecular formula is C7H5F2N3O. The number of nitrogen functional groups attached to an aromatic ring is 1. The molecular weight excluding hydrogens is 180 g/mol. The number of pyridine rings is 1. The first kappa shape index (κ1) is 9.19. The Morgan fingerprint density at radius 1 is 1.62 bits per heavy atom. The number of alkyl halides is 2. The molecule has 1 rings (SSSR count). The minimum Gasteiger partial charge on any atom is -0.385 e. The number of hydrogen-bond donors (Lipinski definition) is 2. The van der Waals surface area contributed by atoms with Crippen molar-refractivity contribution in [3.8, 4) is 6.07 Å². The van der Waals surface area contributed by atoms with E-state index in [2.05, 4.69) is 0 Å². The van der Waals surface area contributed by atoms with Gasteiger partial charge in [-0.15, -0.1) is 0 Å². The Morgan fingerprint density at radius 2 is 2.23 bits per heavy atom. The lowest BCUT2D eigenvalue weighted by Gasteiger charge is -2.01. The maximum atomic E-state index is 12.2. The SMILES string of the molecule is N#Cc1cc(N)[nH]c(=O)c1C(F)F. The van der Waals surface area contributed by atoms with E-state index in [1.165, 1.54) is 6.07 Å². The Morgan fingerprint density at radius 3 is 2.69 bits per heavy atom. The zero-order valence-corrected chi connectivity index (χ0v) is 6.34. The molecule has 0 radical (unpaired) electrons. The molecule has 0 aliphatic rings. The highest BCUT2D eigenvalue weighted by Crippen LogP contribution is 2.18. The summed E-state index contributed by atoms with van der Waals surface area (Å²) in [6, 6.07) is 2.48. The molecule has 1 aromatic heterocycles. The number of nitrogens with two attached hydrogens (primary N) is 1. The largest absolute Gasteiger partial charge is 0.385 e. The summed E-state index contributed by atoms with van der Waals surface area (Å²) in [7, 11) is 0. The maximum Gasteiger partial charge on any atom is 0.270 e. The lowest BCUT2D eigenvalue weighted by atomic mass is 10.1. The van der Waals surface area contributed by atoms with Gasteiger partial charge in [-0.2, -0.15) is 5.26 Å². The molecule has 0 fully saturated rings. The van der Waals surface area contributed by atoms with Gasteiger partial charge in [0.2, 0.25) is 0 Å². The first-order chi connectivity index (χ1) is 6.06. The van der Waals surface area contributed by atoms with E-state index in [-0.39, 0.29) is 5.82 Å². The topological polar surface area (TPSA) is 82.7 Å². The van der Waals surface area contributed by atoms with Crippen molar-refractivity contribution in [2.24, 2.45) is 0 Å². The minimum atomic E-state index is -2.97. The number of nitrogens with one attached hydrogen (secondary N) is 1. The Hall–Kier alpha value is -1.90. The Labute approximate surface area is 71.6 Å². The van der Waals surface area contributed by atoms with E-state index >= 15 is 0 Å². The van der Waals surface area contributed by atoms with Gasteiger partial charge in [-0.05, 0) is 6.07 Å². The third kappa shape index (κ3) is 1.64. The van der Waals surface area contributed by atoms with Crippen LogP contribution in [0.15, 0.2) is 10.9 Å². The van der Waals surface area contributed by atoms with E-state index < -0.39 is 23.1 Å². The predicted octanol–water partition coefficient (Wildman–Crippen LogP) is 0.766. The van der Waals surface area contributed by atoms with Crippen molar-refractivity contribution < 1.29 is 8.78 Å². The van der Waals surface area contributed by atoms with Gasteiger partial charge in [-0.25, -0.2) is 8.78 Å². The molecule has 1 aromatic rings. The fourth-order valence-electron chi connectivity index (χ4n) is 0.899. The number of nitrogens with zero attached hydrogens (tertiary/aromatic N) is 1. The summed E-state index contributed by atoms with van der Waals surface area (Å²) in [5.74, 6) is -0.106. The smallest absolute Gasteiger partial charge is 0.270 e. The van der Waals surface area contributed by atoms with Gasteiger partial charge in [0, 0.05) is 0 Å². The van der Waals surface area contributed by atoms with Crippen LogP contribution in [-0.2, 0) is 0 Å². The molecule has 4 nitrogen and oxygen atoms in total. The Kier molecular flexibility index (Phi) is 2.28. The Balaban J connectivity index is 3.51. The zero-order valence-electron chi connectivity index (χ0n) is 6.34. The summed E-state index contributed by atoms with van der Waals surface area (Å²) in [5, 5.41) is 8.42. The number of nitriles is 1. The summed E-state index contributed by atoms with van der Waals surface area (Å²) < 4.78 is 24.4. The number of rotatable bonds is 1. The predicted molar refractivity (Wildman–Crippen MR) is 41.1 cm³/mol. The van der Waals surface area contributed by atoms with Gasteiger partial charge in [0.25, 0.3) is 12.0 Å². The van der Waals surface area contributed by atoms with E-state index in [9.17, 15) is 13.6 Å². The van der Waals surface area contributed by atoms with Crippen molar-refractivity contribution in [3.63, 3.8) is 0 Å². The van der Waals surface area contributed by atoms with Gasteiger partial charge < -0.3 is 10.7 Å². The molecule has 0 amide bonds. The number of aromatic nitrogens is 1. The quantitative estimate of drug-likeness (QED) is 0.677. The molecule has 0 saturated heterocycles. The van der Waals surface area contributed by atoms with Gasteiger partial charge in [-0.3, -0.25) is 4.79 Å². The van der Waals surface area contributed by atoms with Crippen LogP contribution in [0.2, 0.25) is 0 Å². The van der Waals surface area contributed by atoms with Gasteiger partial charge in [0.05, 0.1) is 11.6 Å². The summed E-state index contributed by atoms with van der Waals surface area (Å²) in [5.41, 5.74) is 2.90. The van der Waals surface area contributed by atoms with Crippen LogP contribution in [0.4, 0.5) is 14.6 Å². The average molecular weight is 185 g/mol. The van der Waals surface area contributed by atoms with Crippen molar-refractivity contribution in [2.75, 3.05) is 5.73 Å². The van der Waals surface area contributed by atoms with Gasteiger partial charge in [0.1, 0.15) is 11.4 Å². The lowest BCUT2D eigenvalue weighted by Crippen LogP contribution is -2.16. The molecule has 0 spiro atoms. The highest BCUT2D eigenvalue weighted by molar-refractivity contribution is 5.44. The maximum absolute atomic E-state index is 12.2. The summed E-state index contributed by atoms with van der Waals surface area (Å²) in [6.45, 7) is 0. The lowest BCUT2D eigenvalue weighted by molar-refractivity contribution is 0.149. The van der Waals surface area contributed by atoms with E-state index in [1.807, 2.05) is 4.98 Å². The van der Waals surface area contributed by atoms with E-state index in [0.717, 1.165) is 6.07 Å². The summed E-state index contributed by atoms with van der Waals surface area (Å²) in [4.78, 5) is 12.9. The van der Waals surface area contributed by atoms with E-state index in [4.69, 9.17) is 11.0 Å². The van der Waals surface area contributed by atoms with E-state index in [0.29, 0.717) is 0 Å². The number of aromatic amines is 1. The monoisotopic (exact) mass is 185 g/mol. The number of H-pyrrole nitrogens is 1. The van der Waals surface area contributed by atoms with Crippen molar-refractivity contribution in [1.29, 1.82) is 5.26 Å². The van der Waals surface area contributed by atoms with Gasteiger partial charge in [0.15, 0.2) is 0 Å². The molecule has 0 aliphatic heterocycles. The first-order valence-electron chi connectivity index (χ1n) is 3.27. The van der Waals surface area contributed by atoms with Crippen LogP contribution in [0.25, 0.3) is 0 Å². The second-order valence-electron chi connectivity index (χ2n) is 2.29. The molecule has 68 valence electrons. The normalized spacial score (nSPS) is 10.0. The highest BCUT2D eigenvalue weighted by Gasteiger charge is 2.17. The van der Waals surface area contributed by atoms with Crippen LogP contribution in [0, 0.1) is 11.3 Å². The first-order valence-corrected chi connectivity index (χ1v) is 3.27. The van der Waals surface area contributed by atoms with Crippen LogP contribution in [0.3, 0.4) is 0 Å². The molecule has 0 atom stereocenters. The van der Waals surface area contributed by atoms with Crippen LogP contribution in [-0.4, -0.2) is 4.98 Å². The molecule has 3 N–H and O–H groups in total. The van der Waals surface area contributed by atoms with Gasteiger partial charge in [-0.1, -0.05) is 0 Å². The molecule has 0 saturated carbocycles. The number of anilines is 1. The molecule has 13 heavy (non-hydrogen) atoms. The fraction of sp³-hybridized carbons (Fsp3) is 0.143. The standard InChI is InChI=1S/C7H5F2N3O/c8-6(9)5-3(2-10)1-4(11)12-7(5)13/h1,6H,(H3,11,12,13). The van der Waals surface area contributed by atoms with Crippen molar-refractivity contribution in [3.05, 3.63) is 27.5 Å². The molecule has 1 heterocycles. The second kappa shape index (κ2) is 3.23. The summed E-state index contributed by atoms with van der Waals surface area (Å²) in [6.07, 6.45) is -2.97. The average Bonchev–Trinajstić information content (AvgIpc) is 2.01. The molecule has 0 aliphatic carbocycles. The van der Waals surface area contributed by atoms with Crippen LogP contribution >= 0.6 is 0 Å². The van der Waals surface area contributed by atoms with Crippen LogP contribution < -0.4 is 11.3 Å². The molecule has 6 heteroatoms. The number of hydrogen-bond acceptors (Lipinski definition) is 3. The van der Waals surface area contributed by atoms with Crippen molar-refractivity contribution in [1.82, 2.24) is 4.98 Å². The van der Waals surface area contributed by atoms with Gasteiger partial charge >= 0.3 is 0 Å². The van der Waals surface area contributed by atoms with Crippen LogP contribution in [0.5, 0.6) is 0 Å². The second-order valence-corrected chi connectivity index (χ2v) is 2.29. The van der Waals surface area contributed by atoms with Crippen molar-refractivity contribution in [2.45, 2.75) is 6.43 Å². The molecule has 0 bridgehead atoms.